The monoisotopic (exact) mass is 333 g/mol. The lowest BCUT2D eigenvalue weighted by Crippen LogP contribution is -2.45. The number of amides is 1. The van der Waals surface area contributed by atoms with Crippen molar-refractivity contribution in [3.05, 3.63) is 35.9 Å². The van der Waals surface area contributed by atoms with E-state index in [0.29, 0.717) is 0 Å². The van der Waals surface area contributed by atoms with Gasteiger partial charge < -0.3 is 15.2 Å². The lowest BCUT2D eigenvalue weighted by Gasteiger charge is -2.23. The Kier molecular flexibility index (Phi) is 6.78. The van der Waals surface area contributed by atoms with Gasteiger partial charge in [0.05, 0.1) is 6.42 Å². The molecule has 0 spiro atoms. The molecule has 0 saturated heterocycles. The predicted octanol–water partition coefficient (Wildman–Crippen LogP) is 2.27. The number of carboxylic acid groups (broad SMARTS) is 1. The van der Waals surface area contributed by atoms with Crippen molar-refractivity contribution in [1.82, 2.24) is 5.32 Å². The minimum atomic E-state index is -1.25. The number of hydrogen-bond acceptors (Lipinski definition) is 4. The van der Waals surface area contributed by atoms with Crippen molar-refractivity contribution in [3.63, 3.8) is 0 Å². The van der Waals surface area contributed by atoms with E-state index < -0.39 is 18.0 Å². The van der Waals surface area contributed by atoms with Gasteiger partial charge in [-0.1, -0.05) is 49.6 Å². The van der Waals surface area contributed by atoms with E-state index in [4.69, 9.17) is 4.74 Å². The maximum Gasteiger partial charge on any atom is 0.326 e. The molecule has 24 heavy (non-hydrogen) atoms. The lowest BCUT2D eigenvalue weighted by molar-refractivity contribution is -0.151. The van der Waals surface area contributed by atoms with Gasteiger partial charge in [-0.2, -0.15) is 0 Å². The highest BCUT2D eigenvalue weighted by Crippen LogP contribution is 2.23. The van der Waals surface area contributed by atoms with Crippen molar-refractivity contribution in [1.29, 1.82) is 0 Å². The van der Waals surface area contributed by atoms with Crippen LogP contribution in [0.5, 0.6) is 0 Å². The normalized spacial score (nSPS) is 16.2. The molecule has 2 N–H and O–H groups in total. The Labute approximate surface area is 141 Å². The summed E-state index contributed by atoms with van der Waals surface area (Å²) in [6, 6.07) is 7.88. The summed E-state index contributed by atoms with van der Waals surface area (Å²) in [7, 11) is 0. The van der Waals surface area contributed by atoms with Gasteiger partial charge in [-0.15, -0.1) is 0 Å². The second kappa shape index (κ2) is 9.05. The summed E-state index contributed by atoms with van der Waals surface area (Å²) in [5.74, 6) is -2.30. The molecule has 1 aliphatic rings. The molecule has 130 valence electrons. The molecule has 0 bridgehead atoms. The molecular formula is C18H23NO5. The number of aliphatic carboxylic acids is 1. The Balaban J connectivity index is 1.82. The van der Waals surface area contributed by atoms with Gasteiger partial charge in [0.25, 0.3) is 0 Å². The molecule has 2 rings (SSSR count). The van der Waals surface area contributed by atoms with Crippen molar-refractivity contribution in [2.24, 2.45) is 5.92 Å². The summed E-state index contributed by atoms with van der Waals surface area (Å²) >= 11 is 0. The standard InChI is InChI=1S/C18H23NO5/c20-16(24-12-13-7-3-1-4-8-13)11-15(18(22)23)19-17(21)14-9-5-2-6-10-14/h1,3-4,7-8,14-15H,2,5-6,9-12H2,(H,19,21)(H,22,23)/t15-/m0/s1. The first-order valence-corrected chi connectivity index (χ1v) is 8.29. The van der Waals surface area contributed by atoms with Crippen molar-refractivity contribution < 1.29 is 24.2 Å². The average Bonchev–Trinajstić information content (AvgIpc) is 2.61. The summed E-state index contributed by atoms with van der Waals surface area (Å²) in [5, 5.41) is 11.7. The molecule has 1 aromatic carbocycles. The third-order valence-electron chi connectivity index (χ3n) is 4.20. The predicted molar refractivity (Wildman–Crippen MR) is 87.0 cm³/mol. The molecule has 0 aliphatic heterocycles. The molecule has 0 radical (unpaired) electrons. The molecule has 1 aromatic rings. The second-order valence-corrected chi connectivity index (χ2v) is 6.08. The van der Waals surface area contributed by atoms with Gasteiger partial charge in [-0.05, 0) is 18.4 Å². The van der Waals surface area contributed by atoms with Crippen molar-refractivity contribution in [3.8, 4) is 0 Å². The maximum absolute atomic E-state index is 12.1. The van der Waals surface area contributed by atoms with Gasteiger partial charge >= 0.3 is 11.9 Å². The van der Waals surface area contributed by atoms with Crippen LogP contribution in [0.25, 0.3) is 0 Å². The minimum absolute atomic E-state index is 0.0859. The van der Waals surface area contributed by atoms with Crippen LogP contribution in [-0.2, 0) is 25.7 Å². The van der Waals surface area contributed by atoms with Crippen LogP contribution in [-0.4, -0.2) is 29.0 Å². The Morgan fingerprint density at radius 1 is 1.12 bits per heavy atom. The fourth-order valence-electron chi connectivity index (χ4n) is 2.82. The molecule has 6 heteroatoms. The Morgan fingerprint density at radius 3 is 2.42 bits per heavy atom. The van der Waals surface area contributed by atoms with E-state index in [1.807, 2.05) is 30.3 Å². The highest BCUT2D eigenvalue weighted by molar-refractivity contribution is 5.88. The molecule has 0 aromatic heterocycles. The highest BCUT2D eigenvalue weighted by Gasteiger charge is 2.28. The van der Waals surface area contributed by atoms with Crippen LogP contribution in [0.15, 0.2) is 30.3 Å². The second-order valence-electron chi connectivity index (χ2n) is 6.08. The van der Waals surface area contributed by atoms with Crippen LogP contribution < -0.4 is 5.32 Å². The number of esters is 1. The summed E-state index contributed by atoms with van der Waals surface area (Å²) < 4.78 is 5.08. The number of ether oxygens (including phenoxy) is 1. The lowest BCUT2D eigenvalue weighted by atomic mass is 9.88. The number of benzene rings is 1. The largest absolute Gasteiger partial charge is 0.480 e. The van der Waals surface area contributed by atoms with Crippen LogP contribution in [0.1, 0.15) is 44.1 Å². The third-order valence-corrected chi connectivity index (χ3v) is 4.20. The number of carbonyl (C=O) groups excluding carboxylic acids is 2. The SMILES string of the molecule is O=C(C[C@H](NC(=O)C1CCCCC1)C(=O)O)OCc1ccccc1. The number of rotatable bonds is 7. The zero-order chi connectivity index (χ0) is 17.4. The highest BCUT2D eigenvalue weighted by atomic mass is 16.5. The Morgan fingerprint density at radius 2 is 1.79 bits per heavy atom. The number of hydrogen-bond donors (Lipinski definition) is 2. The zero-order valence-electron chi connectivity index (χ0n) is 13.6. The first-order chi connectivity index (χ1) is 11.6. The van der Waals surface area contributed by atoms with Crippen LogP contribution in [0, 0.1) is 5.92 Å². The topological polar surface area (TPSA) is 92.7 Å². The average molecular weight is 333 g/mol. The van der Waals surface area contributed by atoms with E-state index in [-0.39, 0.29) is 24.9 Å². The Hall–Kier alpha value is -2.37. The number of carboxylic acids is 1. The quantitative estimate of drug-likeness (QED) is 0.747. The first-order valence-electron chi connectivity index (χ1n) is 8.29. The molecule has 1 saturated carbocycles. The fraction of sp³-hybridized carbons (Fsp3) is 0.500. The van der Waals surface area contributed by atoms with Gasteiger partial charge in [0.1, 0.15) is 12.6 Å². The third kappa shape index (κ3) is 5.68. The van der Waals surface area contributed by atoms with Gasteiger partial charge in [-0.25, -0.2) is 4.79 Å². The molecule has 1 atom stereocenters. The van der Waals surface area contributed by atoms with Gasteiger partial charge in [0.2, 0.25) is 5.91 Å². The van der Waals surface area contributed by atoms with E-state index in [1.165, 1.54) is 0 Å². The molecule has 1 amide bonds. The van der Waals surface area contributed by atoms with Crippen molar-refractivity contribution in [2.75, 3.05) is 0 Å². The van der Waals surface area contributed by atoms with Crippen LogP contribution in [0.2, 0.25) is 0 Å². The van der Waals surface area contributed by atoms with E-state index in [9.17, 15) is 19.5 Å². The van der Waals surface area contributed by atoms with Crippen molar-refractivity contribution in [2.45, 2.75) is 51.2 Å². The zero-order valence-corrected chi connectivity index (χ0v) is 13.6. The summed E-state index contributed by atoms with van der Waals surface area (Å²) in [5.41, 5.74) is 0.823. The molecule has 0 heterocycles. The molecule has 6 nitrogen and oxygen atoms in total. The fourth-order valence-corrected chi connectivity index (χ4v) is 2.82. The van der Waals surface area contributed by atoms with Crippen LogP contribution >= 0.6 is 0 Å². The summed E-state index contributed by atoms with van der Waals surface area (Å²) in [6.07, 6.45) is 4.25. The molecule has 1 aliphatic carbocycles. The minimum Gasteiger partial charge on any atom is -0.480 e. The maximum atomic E-state index is 12.1. The van der Waals surface area contributed by atoms with Gasteiger partial charge in [0.15, 0.2) is 0 Å². The summed E-state index contributed by atoms with van der Waals surface area (Å²) in [6.45, 7) is 0.0859. The van der Waals surface area contributed by atoms with Gasteiger partial charge in [0, 0.05) is 5.92 Å². The van der Waals surface area contributed by atoms with E-state index in [2.05, 4.69) is 5.32 Å². The number of nitrogens with one attached hydrogen (secondary N) is 1. The van der Waals surface area contributed by atoms with Crippen molar-refractivity contribution >= 4 is 17.8 Å². The van der Waals surface area contributed by atoms with E-state index >= 15 is 0 Å². The smallest absolute Gasteiger partial charge is 0.326 e. The Bertz CT molecular complexity index is 566. The first kappa shape index (κ1) is 18.0. The molecule has 1 fully saturated rings. The number of carbonyl (C=O) groups is 3. The summed E-state index contributed by atoms with van der Waals surface area (Å²) in [4.78, 5) is 35.3. The van der Waals surface area contributed by atoms with E-state index in [0.717, 1.165) is 37.7 Å². The van der Waals surface area contributed by atoms with Crippen LogP contribution in [0.3, 0.4) is 0 Å². The van der Waals surface area contributed by atoms with Gasteiger partial charge in [-0.3, -0.25) is 9.59 Å². The molecule has 0 unspecified atom stereocenters. The van der Waals surface area contributed by atoms with E-state index in [1.54, 1.807) is 0 Å². The molecular weight excluding hydrogens is 310 g/mol. The van der Waals surface area contributed by atoms with Crippen LogP contribution in [0.4, 0.5) is 0 Å².